The van der Waals surface area contributed by atoms with E-state index in [1.54, 1.807) is 36.0 Å². The van der Waals surface area contributed by atoms with Crippen LogP contribution in [-0.4, -0.2) is 80.2 Å². The van der Waals surface area contributed by atoms with Gasteiger partial charge in [-0.3, -0.25) is 4.72 Å². The Bertz CT molecular complexity index is 1020. The van der Waals surface area contributed by atoms with Crippen molar-refractivity contribution in [3.63, 3.8) is 0 Å². The summed E-state index contributed by atoms with van der Waals surface area (Å²) in [5, 5.41) is 0. The molecule has 0 saturated carbocycles. The third-order valence-electron chi connectivity index (χ3n) is 6.31. The Labute approximate surface area is 258 Å². The molecular weight excluding hydrogens is 574 g/mol. The van der Waals surface area contributed by atoms with Crippen molar-refractivity contribution in [1.29, 1.82) is 0 Å². The molecule has 0 aliphatic heterocycles. The first-order valence-electron chi connectivity index (χ1n) is 15.2. The SMILES string of the molecule is CCCCCCCCOCCOCCOCCOCCOCCSCc1ccc(S(=O)(=O)Nc2ccc(C)cc2)cc1. The number of unbranched alkanes of at least 4 members (excludes halogenated alkanes) is 5. The van der Waals surface area contributed by atoms with E-state index in [1.807, 2.05) is 31.2 Å². The van der Waals surface area contributed by atoms with Crippen molar-refractivity contribution < 1.29 is 32.1 Å². The van der Waals surface area contributed by atoms with Gasteiger partial charge in [0.2, 0.25) is 0 Å². The van der Waals surface area contributed by atoms with Gasteiger partial charge in [0.05, 0.1) is 64.4 Å². The van der Waals surface area contributed by atoms with Crippen LogP contribution in [0.5, 0.6) is 0 Å². The first kappa shape index (κ1) is 36.5. The van der Waals surface area contributed by atoms with E-state index in [2.05, 4.69) is 11.6 Å². The van der Waals surface area contributed by atoms with Crippen LogP contribution in [0.25, 0.3) is 0 Å². The summed E-state index contributed by atoms with van der Waals surface area (Å²) in [6, 6.07) is 14.3. The average molecular weight is 626 g/mol. The third-order valence-corrected chi connectivity index (χ3v) is 8.70. The number of rotatable bonds is 27. The molecule has 0 saturated heterocycles. The number of hydrogen-bond donors (Lipinski definition) is 1. The molecule has 0 unspecified atom stereocenters. The van der Waals surface area contributed by atoms with Crippen LogP contribution in [0, 0.1) is 6.92 Å². The molecule has 2 aromatic carbocycles. The van der Waals surface area contributed by atoms with Crippen LogP contribution in [0.2, 0.25) is 0 Å². The fraction of sp³-hybridized carbons (Fsp3) is 0.625. The van der Waals surface area contributed by atoms with Crippen LogP contribution in [-0.2, 0) is 39.5 Å². The van der Waals surface area contributed by atoms with E-state index in [9.17, 15) is 8.42 Å². The molecule has 0 atom stereocenters. The minimum atomic E-state index is -3.61. The van der Waals surface area contributed by atoms with Gasteiger partial charge in [-0.05, 0) is 43.2 Å². The van der Waals surface area contributed by atoms with E-state index in [0.29, 0.717) is 65.1 Å². The minimum absolute atomic E-state index is 0.248. The Morgan fingerprint density at radius 3 is 1.69 bits per heavy atom. The average Bonchev–Trinajstić information content (AvgIpc) is 2.99. The van der Waals surface area contributed by atoms with Gasteiger partial charge in [-0.2, -0.15) is 11.8 Å². The number of aryl methyl sites for hydroxylation is 1. The number of ether oxygens (including phenoxy) is 5. The Balaban J connectivity index is 1.34. The lowest BCUT2D eigenvalue weighted by Crippen LogP contribution is -2.13. The maximum Gasteiger partial charge on any atom is 0.261 e. The Kier molecular flexibility index (Phi) is 20.7. The normalized spacial score (nSPS) is 11.7. The van der Waals surface area contributed by atoms with E-state index in [1.165, 1.54) is 32.1 Å². The molecule has 0 radical (unpaired) electrons. The molecule has 10 heteroatoms. The summed E-state index contributed by atoms with van der Waals surface area (Å²) in [6.07, 6.45) is 7.66. The van der Waals surface area contributed by atoms with Gasteiger partial charge in [0.15, 0.2) is 0 Å². The molecule has 0 spiro atoms. The number of benzene rings is 2. The zero-order valence-electron chi connectivity index (χ0n) is 25.5. The van der Waals surface area contributed by atoms with Crippen LogP contribution in [0.4, 0.5) is 5.69 Å². The zero-order valence-corrected chi connectivity index (χ0v) is 27.2. The summed E-state index contributed by atoms with van der Waals surface area (Å²) in [6.45, 7) is 10.2. The van der Waals surface area contributed by atoms with Crippen molar-refractivity contribution in [1.82, 2.24) is 0 Å². The summed E-state index contributed by atoms with van der Waals surface area (Å²) >= 11 is 1.74. The number of sulfonamides is 1. The van der Waals surface area contributed by atoms with Crippen molar-refractivity contribution in [2.24, 2.45) is 0 Å². The van der Waals surface area contributed by atoms with Crippen LogP contribution in [0.1, 0.15) is 56.6 Å². The molecule has 8 nitrogen and oxygen atoms in total. The minimum Gasteiger partial charge on any atom is -0.379 e. The molecule has 238 valence electrons. The molecule has 42 heavy (non-hydrogen) atoms. The molecule has 1 N–H and O–H groups in total. The molecule has 0 aliphatic rings. The fourth-order valence-corrected chi connectivity index (χ4v) is 5.74. The predicted molar refractivity (Wildman–Crippen MR) is 172 cm³/mol. The van der Waals surface area contributed by atoms with Crippen LogP contribution in [0.15, 0.2) is 53.4 Å². The second-order valence-electron chi connectivity index (χ2n) is 10.00. The van der Waals surface area contributed by atoms with E-state index in [-0.39, 0.29) is 4.90 Å². The fourth-order valence-electron chi connectivity index (χ4n) is 3.87. The van der Waals surface area contributed by atoms with Crippen molar-refractivity contribution in [2.45, 2.75) is 63.0 Å². The second kappa shape index (κ2) is 23.8. The molecule has 2 aromatic rings. The lowest BCUT2D eigenvalue weighted by Gasteiger charge is -2.09. The Morgan fingerprint density at radius 1 is 0.619 bits per heavy atom. The number of nitrogens with one attached hydrogen (secondary N) is 1. The van der Waals surface area contributed by atoms with Gasteiger partial charge in [0, 0.05) is 23.8 Å². The van der Waals surface area contributed by atoms with Gasteiger partial charge in [-0.15, -0.1) is 0 Å². The molecule has 0 fully saturated rings. The number of hydrogen-bond acceptors (Lipinski definition) is 8. The zero-order chi connectivity index (χ0) is 30.1. The van der Waals surface area contributed by atoms with Gasteiger partial charge < -0.3 is 23.7 Å². The van der Waals surface area contributed by atoms with Crippen LogP contribution >= 0.6 is 11.8 Å². The van der Waals surface area contributed by atoms with E-state index in [4.69, 9.17) is 23.7 Å². The molecule has 2 rings (SSSR count). The molecule has 0 aromatic heterocycles. The molecule has 0 bridgehead atoms. The summed E-state index contributed by atoms with van der Waals surface area (Å²) in [4.78, 5) is 0.248. The van der Waals surface area contributed by atoms with Gasteiger partial charge in [-0.1, -0.05) is 68.9 Å². The van der Waals surface area contributed by atoms with E-state index < -0.39 is 10.0 Å². The smallest absolute Gasteiger partial charge is 0.261 e. The van der Waals surface area contributed by atoms with Gasteiger partial charge in [0.25, 0.3) is 10.0 Å². The first-order valence-corrected chi connectivity index (χ1v) is 17.8. The highest BCUT2D eigenvalue weighted by atomic mass is 32.2. The van der Waals surface area contributed by atoms with Gasteiger partial charge in [-0.25, -0.2) is 8.42 Å². The summed E-state index contributed by atoms with van der Waals surface area (Å²) in [5.41, 5.74) is 2.70. The molecular formula is C32H51NO7S2. The van der Waals surface area contributed by atoms with Crippen molar-refractivity contribution >= 4 is 27.5 Å². The number of thioether (sulfide) groups is 1. The lowest BCUT2D eigenvalue weighted by atomic mass is 10.1. The topological polar surface area (TPSA) is 92.3 Å². The van der Waals surface area contributed by atoms with E-state index >= 15 is 0 Å². The summed E-state index contributed by atoms with van der Waals surface area (Å²) < 4.78 is 55.6. The van der Waals surface area contributed by atoms with Crippen LogP contribution < -0.4 is 4.72 Å². The van der Waals surface area contributed by atoms with E-state index in [0.717, 1.165) is 35.7 Å². The highest BCUT2D eigenvalue weighted by molar-refractivity contribution is 7.98. The highest BCUT2D eigenvalue weighted by Gasteiger charge is 2.14. The van der Waals surface area contributed by atoms with Gasteiger partial charge >= 0.3 is 0 Å². The van der Waals surface area contributed by atoms with Crippen molar-refractivity contribution in [3.05, 3.63) is 59.7 Å². The summed E-state index contributed by atoms with van der Waals surface area (Å²) in [5.74, 6) is 1.64. The standard InChI is InChI=1S/C32H51NO7S2/c1-3-4-5-6-7-8-17-36-18-19-37-20-21-38-22-23-39-24-25-40-26-27-41-28-30-11-15-32(16-12-30)42(34,35)33-31-13-9-29(2)10-14-31/h9-16,33H,3-8,17-28H2,1-2H3. The largest absolute Gasteiger partial charge is 0.379 e. The maximum atomic E-state index is 12.6. The number of anilines is 1. The molecule has 0 heterocycles. The highest BCUT2D eigenvalue weighted by Crippen LogP contribution is 2.19. The van der Waals surface area contributed by atoms with Crippen molar-refractivity contribution in [2.75, 3.05) is 76.5 Å². The van der Waals surface area contributed by atoms with Crippen LogP contribution in [0.3, 0.4) is 0 Å². The lowest BCUT2D eigenvalue weighted by molar-refractivity contribution is -0.0103. The van der Waals surface area contributed by atoms with Crippen molar-refractivity contribution in [3.8, 4) is 0 Å². The predicted octanol–water partition coefficient (Wildman–Crippen LogP) is 6.47. The molecule has 0 amide bonds. The maximum absolute atomic E-state index is 12.6. The molecule has 0 aliphatic carbocycles. The Hall–Kier alpha value is -1.66. The third kappa shape index (κ3) is 18.1. The summed E-state index contributed by atoms with van der Waals surface area (Å²) in [7, 11) is -3.61. The van der Waals surface area contributed by atoms with Gasteiger partial charge in [0.1, 0.15) is 0 Å². The monoisotopic (exact) mass is 625 g/mol. The second-order valence-corrected chi connectivity index (χ2v) is 12.8. The Morgan fingerprint density at radius 2 is 1.12 bits per heavy atom. The first-order chi connectivity index (χ1) is 20.5. The quantitative estimate of drug-likeness (QED) is 0.113.